The lowest BCUT2D eigenvalue weighted by Gasteiger charge is -2.40. The highest BCUT2D eigenvalue weighted by Crippen LogP contribution is 2.39. The van der Waals surface area contributed by atoms with Gasteiger partial charge >= 0.3 is 0 Å². The molecule has 0 radical (unpaired) electrons. The molecule has 2 aliphatic rings. The summed E-state index contributed by atoms with van der Waals surface area (Å²) in [5, 5.41) is 0. The van der Waals surface area contributed by atoms with Gasteiger partial charge in [0.2, 0.25) is 0 Å². The summed E-state index contributed by atoms with van der Waals surface area (Å²) in [6.07, 6.45) is 2.07. The molecule has 0 fully saturated rings. The molecule has 0 N–H and O–H groups in total. The van der Waals surface area contributed by atoms with Crippen molar-refractivity contribution in [1.82, 2.24) is 9.80 Å². The third-order valence-corrected chi connectivity index (χ3v) is 7.30. The Balaban J connectivity index is 1.46. The molecule has 0 saturated carbocycles. The predicted molar refractivity (Wildman–Crippen MR) is 126 cm³/mol. The highest BCUT2D eigenvalue weighted by molar-refractivity contribution is 5.50. The average molecular weight is 441 g/mol. The summed E-state index contributed by atoms with van der Waals surface area (Å²) in [6.45, 7) is 8.82. The Morgan fingerprint density at radius 1 is 0.625 bits per heavy atom. The molecule has 2 heterocycles. The Labute approximate surface area is 192 Å². The first-order chi connectivity index (χ1) is 15.5. The molecule has 4 rings (SSSR count). The summed E-state index contributed by atoms with van der Waals surface area (Å²) in [6, 6.07) is 9.32. The molecule has 0 amide bonds. The molecule has 6 nitrogen and oxygen atoms in total. The fourth-order valence-corrected chi connectivity index (χ4v) is 5.26. The fourth-order valence-electron chi connectivity index (χ4n) is 5.26. The summed E-state index contributed by atoms with van der Waals surface area (Å²) in [7, 11) is 6.81. The van der Waals surface area contributed by atoms with Crippen LogP contribution in [0.1, 0.15) is 48.2 Å². The Hall–Kier alpha value is -2.44. The molecule has 174 valence electrons. The van der Waals surface area contributed by atoms with Gasteiger partial charge in [-0.25, -0.2) is 0 Å². The minimum atomic E-state index is 0.357. The molecule has 0 spiro atoms. The van der Waals surface area contributed by atoms with Crippen LogP contribution in [0.25, 0.3) is 0 Å². The zero-order valence-electron chi connectivity index (χ0n) is 20.2. The van der Waals surface area contributed by atoms with Crippen LogP contribution in [0.15, 0.2) is 24.3 Å². The Morgan fingerprint density at radius 2 is 0.969 bits per heavy atom. The van der Waals surface area contributed by atoms with Gasteiger partial charge in [-0.05, 0) is 73.2 Å². The van der Waals surface area contributed by atoms with Crippen LogP contribution in [0.4, 0.5) is 0 Å². The molecule has 2 aromatic rings. The number of ether oxygens (including phenoxy) is 4. The van der Waals surface area contributed by atoms with E-state index >= 15 is 0 Å². The normalized spacial score (nSPS) is 20.9. The van der Waals surface area contributed by atoms with E-state index in [4.69, 9.17) is 18.9 Å². The van der Waals surface area contributed by atoms with Crippen LogP contribution in [-0.2, 0) is 12.8 Å². The molecule has 2 atom stereocenters. The number of rotatable bonds is 7. The van der Waals surface area contributed by atoms with E-state index in [0.29, 0.717) is 12.1 Å². The van der Waals surface area contributed by atoms with Crippen molar-refractivity contribution in [2.45, 2.75) is 38.8 Å². The van der Waals surface area contributed by atoms with Gasteiger partial charge in [0.25, 0.3) is 0 Å². The molecule has 0 bridgehead atoms. The Bertz CT molecular complexity index is 884. The van der Waals surface area contributed by atoms with Crippen molar-refractivity contribution in [2.75, 3.05) is 54.6 Å². The largest absolute Gasteiger partial charge is 0.493 e. The van der Waals surface area contributed by atoms with Gasteiger partial charge in [0.15, 0.2) is 23.0 Å². The first kappa shape index (κ1) is 22.7. The highest BCUT2D eigenvalue weighted by Gasteiger charge is 2.29. The average Bonchev–Trinajstić information content (AvgIpc) is 2.83. The van der Waals surface area contributed by atoms with Crippen molar-refractivity contribution in [3.8, 4) is 23.0 Å². The van der Waals surface area contributed by atoms with Crippen molar-refractivity contribution < 1.29 is 18.9 Å². The summed E-state index contributed by atoms with van der Waals surface area (Å²) in [5.74, 6) is 3.26. The van der Waals surface area contributed by atoms with E-state index in [1.165, 1.54) is 22.3 Å². The van der Waals surface area contributed by atoms with E-state index in [1.54, 1.807) is 28.4 Å². The second-order valence-corrected chi connectivity index (χ2v) is 8.74. The SMILES string of the molecule is COc1cc2c(cc1OC)[C@@H](C)N(CCN1CCc3cc(OC)c(OC)cc3[C@H]1C)CC2. The number of benzene rings is 2. The van der Waals surface area contributed by atoms with Gasteiger partial charge < -0.3 is 18.9 Å². The van der Waals surface area contributed by atoms with Gasteiger partial charge in [-0.3, -0.25) is 9.80 Å². The third-order valence-electron chi connectivity index (χ3n) is 7.30. The standard InChI is InChI=1S/C26H36N2O4/c1-17-21-15-25(31-5)23(29-3)13-19(21)7-9-27(17)11-12-28-10-8-20-14-24(30-4)26(32-6)16-22(20)18(28)2/h13-18H,7-12H2,1-6H3/t17-,18-/m1/s1. The van der Waals surface area contributed by atoms with E-state index in [0.717, 1.165) is 62.0 Å². The second-order valence-electron chi connectivity index (χ2n) is 8.74. The second kappa shape index (κ2) is 9.59. The van der Waals surface area contributed by atoms with Gasteiger partial charge in [0, 0.05) is 38.3 Å². The van der Waals surface area contributed by atoms with E-state index in [2.05, 4.69) is 47.9 Å². The van der Waals surface area contributed by atoms with Crippen LogP contribution < -0.4 is 18.9 Å². The van der Waals surface area contributed by atoms with E-state index < -0.39 is 0 Å². The maximum Gasteiger partial charge on any atom is 0.161 e. The van der Waals surface area contributed by atoms with E-state index in [-0.39, 0.29) is 0 Å². The zero-order chi connectivity index (χ0) is 22.8. The first-order valence-corrected chi connectivity index (χ1v) is 11.5. The number of methoxy groups -OCH3 is 4. The minimum absolute atomic E-state index is 0.357. The lowest BCUT2D eigenvalue weighted by atomic mass is 9.92. The maximum absolute atomic E-state index is 5.55. The van der Waals surface area contributed by atoms with Gasteiger partial charge in [0.05, 0.1) is 28.4 Å². The maximum atomic E-state index is 5.55. The van der Waals surface area contributed by atoms with Crippen LogP contribution in [0.2, 0.25) is 0 Å². The van der Waals surface area contributed by atoms with Crippen molar-refractivity contribution in [1.29, 1.82) is 0 Å². The summed E-state index contributed by atoms with van der Waals surface area (Å²) >= 11 is 0. The van der Waals surface area contributed by atoms with Crippen molar-refractivity contribution in [2.24, 2.45) is 0 Å². The number of fused-ring (bicyclic) bond motifs is 2. The lowest BCUT2D eigenvalue weighted by Crippen LogP contribution is -2.42. The third kappa shape index (κ3) is 4.14. The molecule has 0 unspecified atom stereocenters. The van der Waals surface area contributed by atoms with E-state index in [1.807, 2.05) is 0 Å². The molecule has 2 aliphatic heterocycles. The van der Waals surface area contributed by atoms with Crippen LogP contribution in [0, 0.1) is 0 Å². The van der Waals surface area contributed by atoms with Crippen LogP contribution in [-0.4, -0.2) is 64.4 Å². The van der Waals surface area contributed by atoms with Crippen molar-refractivity contribution >= 4 is 0 Å². The summed E-state index contributed by atoms with van der Waals surface area (Å²) in [4.78, 5) is 5.18. The van der Waals surface area contributed by atoms with E-state index in [9.17, 15) is 0 Å². The summed E-state index contributed by atoms with van der Waals surface area (Å²) < 4.78 is 22.1. The highest BCUT2D eigenvalue weighted by atomic mass is 16.5. The molecule has 0 saturated heterocycles. The molecule has 6 heteroatoms. The molecule has 0 aliphatic carbocycles. The fraction of sp³-hybridized carbons (Fsp3) is 0.538. The zero-order valence-corrected chi connectivity index (χ0v) is 20.2. The topological polar surface area (TPSA) is 43.4 Å². The smallest absolute Gasteiger partial charge is 0.161 e. The number of nitrogens with zero attached hydrogens (tertiary/aromatic N) is 2. The molecule has 0 aromatic heterocycles. The molecular weight excluding hydrogens is 404 g/mol. The van der Waals surface area contributed by atoms with Gasteiger partial charge in [-0.2, -0.15) is 0 Å². The first-order valence-electron chi connectivity index (χ1n) is 11.5. The van der Waals surface area contributed by atoms with Gasteiger partial charge in [-0.15, -0.1) is 0 Å². The van der Waals surface area contributed by atoms with Gasteiger partial charge in [0.1, 0.15) is 0 Å². The number of hydrogen-bond acceptors (Lipinski definition) is 6. The quantitative estimate of drug-likeness (QED) is 0.641. The van der Waals surface area contributed by atoms with Crippen molar-refractivity contribution in [3.05, 3.63) is 46.5 Å². The monoisotopic (exact) mass is 440 g/mol. The number of hydrogen-bond donors (Lipinski definition) is 0. The van der Waals surface area contributed by atoms with Crippen LogP contribution in [0.3, 0.4) is 0 Å². The van der Waals surface area contributed by atoms with Crippen LogP contribution in [0.5, 0.6) is 23.0 Å². The Morgan fingerprint density at radius 3 is 1.31 bits per heavy atom. The minimum Gasteiger partial charge on any atom is -0.493 e. The molecular formula is C26H36N2O4. The van der Waals surface area contributed by atoms with Crippen LogP contribution >= 0.6 is 0 Å². The molecule has 2 aromatic carbocycles. The lowest BCUT2D eigenvalue weighted by molar-refractivity contribution is 0.133. The van der Waals surface area contributed by atoms with Gasteiger partial charge in [-0.1, -0.05) is 0 Å². The summed E-state index contributed by atoms with van der Waals surface area (Å²) in [5.41, 5.74) is 5.44. The predicted octanol–water partition coefficient (Wildman–Crippen LogP) is 4.26. The van der Waals surface area contributed by atoms with Crippen molar-refractivity contribution in [3.63, 3.8) is 0 Å². The Kier molecular flexibility index (Phi) is 6.82. The molecule has 32 heavy (non-hydrogen) atoms.